The van der Waals surface area contributed by atoms with E-state index in [1.54, 1.807) is 0 Å². The summed E-state index contributed by atoms with van der Waals surface area (Å²) in [5.41, 5.74) is 5.66. The number of anilines is 2. The number of nitrogens with zero attached hydrogens (tertiary/aromatic N) is 2. The minimum atomic E-state index is 0.595. The lowest BCUT2D eigenvalue weighted by atomic mass is 10.1. The van der Waals surface area contributed by atoms with Gasteiger partial charge in [-0.3, -0.25) is 0 Å². The van der Waals surface area contributed by atoms with E-state index in [-0.39, 0.29) is 0 Å². The van der Waals surface area contributed by atoms with Crippen molar-refractivity contribution in [2.24, 2.45) is 0 Å². The van der Waals surface area contributed by atoms with E-state index in [4.69, 9.17) is 0 Å². The third-order valence-corrected chi connectivity index (χ3v) is 3.66. The molecule has 20 heavy (non-hydrogen) atoms. The van der Waals surface area contributed by atoms with Gasteiger partial charge >= 0.3 is 0 Å². The number of halogens is 1. The quantitative estimate of drug-likeness (QED) is 0.869. The molecule has 4 heteroatoms. The summed E-state index contributed by atoms with van der Waals surface area (Å²) < 4.78 is 1.05. The van der Waals surface area contributed by atoms with Crippen molar-refractivity contribution in [2.45, 2.75) is 27.7 Å². The predicted octanol–water partition coefficient (Wildman–Crippen LogP) is 4.69. The Morgan fingerprint density at radius 3 is 2.20 bits per heavy atom. The van der Waals surface area contributed by atoms with Crippen molar-refractivity contribution in [1.82, 2.24) is 4.98 Å². The number of hydrogen-bond donors (Lipinski definition) is 1. The summed E-state index contributed by atoms with van der Waals surface area (Å²) in [5, 5.41) is 12.6. The van der Waals surface area contributed by atoms with E-state index in [2.05, 4.69) is 32.3 Å². The largest absolute Gasteiger partial charge is 0.339 e. The summed E-state index contributed by atoms with van der Waals surface area (Å²) in [7, 11) is 0. The Morgan fingerprint density at radius 1 is 1.05 bits per heavy atom. The maximum Gasteiger partial charge on any atom is 0.148 e. The molecule has 1 N–H and O–H groups in total. The van der Waals surface area contributed by atoms with Gasteiger partial charge in [-0.15, -0.1) is 0 Å². The van der Waals surface area contributed by atoms with Crippen LogP contribution in [0.3, 0.4) is 0 Å². The molecule has 0 aliphatic carbocycles. The lowest BCUT2D eigenvalue weighted by Crippen LogP contribution is -2.03. The van der Waals surface area contributed by atoms with E-state index < -0.39 is 0 Å². The predicted molar refractivity (Wildman–Crippen MR) is 85.3 cm³/mol. The molecule has 0 unspecified atom stereocenters. The zero-order chi connectivity index (χ0) is 14.9. The van der Waals surface area contributed by atoms with Crippen molar-refractivity contribution < 1.29 is 0 Å². The summed E-state index contributed by atoms with van der Waals surface area (Å²) in [6.07, 6.45) is 0. The molecule has 2 rings (SSSR count). The maximum atomic E-state index is 9.31. The van der Waals surface area contributed by atoms with Crippen LogP contribution in [0.4, 0.5) is 11.5 Å². The molecule has 102 valence electrons. The highest BCUT2D eigenvalue weighted by atomic mass is 79.9. The summed E-state index contributed by atoms with van der Waals surface area (Å²) in [6.45, 7) is 7.93. The van der Waals surface area contributed by atoms with Crippen molar-refractivity contribution in [3.8, 4) is 6.07 Å². The molecular weight excluding hydrogens is 314 g/mol. The fraction of sp³-hybridized carbons (Fsp3) is 0.250. The van der Waals surface area contributed by atoms with Crippen molar-refractivity contribution in [2.75, 3.05) is 5.32 Å². The average molecular weight is 330 g/mol. The van der Waals surface area contributed by atoms with Crippen LogP contribution >= 0.6 is 15.9 Å². The van der Waals surface area contributed by atoms with Gasteiger partial charge in [0.15, 0.2) is 0 Å². The fourth-order valence-electron chi connectivity index (χ4n) is 2.29. The van der Waals surface area contributed by atoms with Gasteiger partial charge < -0.3 is 5.32 Å². The molecule has 3 nitrogen and oxygen atoms in total. The lowest BCUT2D eigenvalue weighted by Gasteiger charge is -2.15. The van der Waals surface area contributed by atoms with Crippen LogP contribution in [0.25, 0.3) is 0 Å². The van der Waals surface area contributed by atoms with Gasteiger partial charge in [0.05, 0.1) is 5.56 Å². The Hall–Kier alpha value is -1.86. The number of hydrogen-bond acceptors (Lipinski definition) is 3. The minimum Gasteiger partial charge on any atom is -0.339 e. The van der Waals surface area contributed by atoms with Crippen LogP contribution < -0.4 is 5.32 Å². The second-order valence-corrected chi connectivity index (χ2v) is 5.87. The van der Waals surface area contributed by atoms with Gasteiger partial charge in [0.25, 0.3) is 0 Å². The van der Waals surface area contributed by atoms with Crippen molar-refractivity contribution in [1.29, 1.82) is 5.26 Å². The number of benzene rings is 1. The molecule has 0 bridgehead atoms. The highest BCUT2D eigenvalue weighted by Gasteiger charge is 2.11. The second-order valence-electron chi connectivity index (χ2n) is 4.96. The van der Waals surface area contributed by atoms with Gasteiger partial charge in [-0.2, -0.15) is 5.26 Å². The number of aryl methyl sites for hydroxylation is 4. The first-order valence-corrected chi connectivity index (χ1v) is 7.13. The van der Waals surface area contributed by atoms with E-state index in [9.17, 15) is 5.26 Å². The van der Waals surface area contributed by atoms with Crippen molar-refractivity contribution in [3.63, 3.8) is 0 Å². The summed E-state index contributed by atoms with van der Waals surface area (Å²) in [6, 6.07) is 8.24. The van der Waals surface area contributed by atoms with Crippen LogP contribution in [0.5, 0.6) is 0 Å². The Labute approximate surface area is 127 Å². The molecule has 2 aromatic rings. The van der Waals surface area contributed by atoms with Crippen LogP contribution in [-0.2, 0) is 0 Å². The number of rotatable bonds is 2. The van der Waals surface area contributed by atoms with E-state index >= 15 is 0 Å². The molecule has 0 saturated heterocycles. The SMILES string of the molecule is Cc1cc(C)c(C#N)c(Nc2c(C)cc(Br)cc2C)n1. The van der Waals surface area contributed by atoms with Gasteiger partial charge in [-0.25, -0.2) is 4.98 Å². The maximum absolute atomic E-state index is 9.31. The molecule has 0 radical (unpaired) electrons. The Balaban J connectivity index is 2.54. The minimum absolute atomic E-state index is 0.595. The lowest BCUT2D eigenvalue weighted by molar-refractivity contribution is 1.15. The van der Waals surface area contributed by atoms with Crippen molar-refractivity contribution in [3.05, 3.63) is 50.6 Å². The molecular formula is C16H16BrN3. The van der Waals surface area contributed by atoms with Gasteiger partial charge in [0.1, 0.15) is 11.9 Å². The number of nitriles is 1. The Kier molecular flexibility index (Phi) is 4.10. The van der Waals surface area contributed by atoms with Crippen LogP contribution in [0.2, 0.25) is 0 Å². The number of aromatic nitrogens is 1. The molecule has 0 aliphatic rings. The first-order valence-electron chi connectivity index (χ1n) is 6.34. The van der Waals surface area contributed by atoms with Gasteiger partial charge in [0.2, 0.25) is 0 Å². The highest BCUT2D eigenvalue weighted by Crippen LogP contribution is 2.29. The Morgan fingerprint density at radius 2 is 1.65 bits per heavy atom. The van der Waals surface area contributed by atoms with E-state index in [1.807, 2.05) is 45.9 Å². The molecule has 0 saturated carbocycles. The molecule has 0 fully saturated rings. The zero-order valence-electron chi connectivity index (χ0n) is 12.0. The van der Waals surface area contributed by atoms with Crippen LogP contribution in [0.15, 0.2) is 22.7 Å². The normalized spacial score (nSPS) is 10.2. The fourth-order valence-corrected chi connectivity index (χ4v) is 2.98. The van der Waals surface area contributed by atoms with Crippen molar-refractivity contribution >= 4 is 27.4 Å². The summed E-state index contributed by atoms with van der Waals surface area (Å²) in [4.78, 5) is 4.46. The first kappa shape index (κ1) is 14.5. The van der Waals surface area contributed by atoms with Crippen LogP contribution in [0, 0.1) is 39.0 Å². The second kappa shape index (κ2) is 5.64. The van der Waals surface area contributed by atoms with E-state index in [0.717, 1.165) is 32.5 Å². The standard InChI is InChI=1S/C16H16BrN3/c1-9-5-12(4)19-16(14(9)8-18)20-15-10(2)6-13(17)7-11(15)3/h5-7H,1-4H3,(H,19,20). The molecule has 1 aromatic carbocycles. The van der Waals surface area contributed by atoms with Gasteiger partial charge in [0, 0.05) is 15.9 Å². The monoisotopic (exact) mass is 329 g/mol. The molecule has 0 spiro atoms. The third-order valence-electron chi connectivity index (χ3n) is 3.20. The third kappa shape index (κ3) is 2.83. The topological polar surface area (TPSA) is 48.7 Å². The molecule has 0 atom stereocenters. The van der Waals surface area contributed by atoms with Gasteiger partial charge in [-0.05, 0) is 62.6 Å². The summed E-state index contributed by atoms with van der Waals surface area (Å²) in [5.74, 6) is 0.624. The van der Waals surface area contributed by atoms with Gasteiger partial charge in [-0.1, -0.05) is 15.9 Å². The molecule has 0 aliphatic heterocycles. The Bertz CT molecular complexity index is 691. The number of pyridine rings is 1. The molecule has 1 heterocycles. The number of nitrogens with one attached hydrogen (secondary N) is 1. The van der Waals surface area contributed by atoms with E-state index in [0.29, 0.717) is 11.4 Å². The smallest absolute Gasteiger partial charge is 0.148 e. The first-order chi connectivity index (χ1) is 9.42. The zero-order valence-corrected chi connectivity index (χ0v) is 13.6. The van der Waals surface area contributed by atoms with Crippen LogP contribution in [0.1, 0.15) is 27.9 Å². The molecule has 1 aromatic heterocycles. The van der Waals surface area contributed by atoms with Crippen LogP contribution in [-0.4, -0.2) is 4.98 Å². The molecule has 0 amide bonds. The van der Waals surface area contributed by atoms with E-state index in [1.165, 1.54) is 0 Å². The summed E-state index contributed by atoms with van der Waals surface area (Å²) >= 11 is 3.49. The average Bonchev–Trinajstić information content (AvgIpc) is 2.33. The highest BCUT2D eigenvalue weighted by molar-refractivity contribution is 9.10.